The van der Waals surface area contributed by atoms with E-state index in [0.717, 1.165) is 16.7 Å². The molecule has 0 heterocycles. The minimum Gasteiger partial charge on any atom is -0.396 e. The van der Waals surface area contributed by atoms with Gasteiger partial charge in [0.1, 0.15) is 0 Å². The van der Waals surface area contributed by atoms with Gasteiger partial charge < -0.3 is 5.73 Å². The van der Waals surface area contributed by atoms with Crippen LogP contribution in [0.3, 0.4) is 0 Å². The summed E-state index contributed by atoms with van der Waals surface area (Å²) >= 11 is 7.93. The lowest BCUT2D eigenvalue weighted by atomic mass is 9.84. The van der Waals surface area contributed by atoms with Gasteiger partial charge in [-0.1, -0.05) is 103 Å². The second-order valence-electron chi connectivity index (χ2n) is 6.60. The molecular formula is C25H18ClFNS. The Hall–Kier alpha value is -2.75. The standard InChI is InChI=1S/C25H18ClFNS/c26-21-16-22(27)23(28)17-24(21)29-25(18-10-4-1-5-11-18,19-12-6-2-7-13-19)20-14-8-3-9-15-20/h1-15,17H,28H2. The first-order valence-electron chi connectivity index (χ1n) is 9.13. The summed E-state index contributed by atoms with van der Waals surface area (Å²) in [5.74, 6) is -0.635. The average Bonchev–Trinajstić information content (AvgIpc) is 2.77. The SMILES string of the molecule is Nc1cc(SC(c2ccccc2)(c2ccccc2)c2ccccc2)c(Cl)[c]c1F. The zero-order chi connectivity index (χ0) is 20.3. The van der Waals surface area contributed by atoms with E-state index in [4.69, 9.17) is 17.3 Å². The lowest BCUT2D eigenvalue weighted by Crippen LogP contribution is -2.25. The molecule has 4 heteroatoms. The molecule has 0 atom stereocenters. The van der Waals surface area contributed by atoms with Crippen molar-refractivity contribution < 1.29 is 4.39 Å². The Morgan fingerprint density at radius 1 is 0.759 bits per heavy atom. The van der Waals surface area contributed by atoms with Gasteiger partial charge in [-0.05, 0) is 22.8 Å². The topological polar surface area (TPSA) is 26.0 Å². The fourth-order valence-corrected chi connectivity index (χ4v) is 5.10. The summed E-state index contributed by atoms with van der Waals surface area (Å²) < 4.78 is 13.3. The zero-order valence-corrected chi connectivity index (χ0v) is 17.1. The molecule has 0 saturated carbocycles. The monoisotopic (exact) mass is 418 g/mol. The van der Waals surface area contributed by atoms with Crippen molar-refractivity contribution in [3.05, 3.63) is 131 Å². The largest absolute Gasteiger partial charge is 0.396 e. The molecule has 0 aliphatic rings. The van der Waals surface area contributed by atoms with Crippen molar-refractivity contribution in [2.24, 2.45) is 0 Å². The first-order valence-corrected chi connectivity index (χ1v) is 10.3. The van der Waals surface area contributed by atoms with Crippen LogP contribution in [0.15, 0.2) is 102 Å². The van der Waals surface area contributed by atoms with Crippen LogP contribution in [0.25, 0.3) is 0 Å². The molecule has 4 aromatic carbocycles. The highest BCUT2D eigenvalue weighted by molar-refractivity contribution is 8.00. The maximum Gasteiger partial charge on any atom is 0.155 e. The molecule has 0 spiro atoms. The third-order valence-electron chi connectivity index (χ3n) is 4.78. The van der Waals surface area contributed by atoms with Crippen LogP contribution >= 0.6 is 23.4 Å². The van der Waals surface area contributed by atoms with Crippen LogP contribution in [0.5, 0.6) is 0 Å². The molecule has 0 bridgehead atoms. The van der Waals surface area contributed by atoms with E-state index in [1.54, 1.807) is 6.07 Å². The van der Waals surface area contributed by atoms with Crippen molar-refractivity contribution >= 4 is 29.1 Å². The number of benzene rings is 4. The van der Waals surface area contributed by atoms with Gasteiger partial charge in [-0.15, -0.1) is 11.8 Å². The maximum absolute atomic E-state index is 13.9. The molecule has 1 nitrogen and oxygen atoms in total. The van der Waals surface area contributed by atoms with E-state index in [1.165, 1.54) is 11.8 Å². The fraction of sp³-hybridized carbons (Fsp3) is 0.0400. The van der Waals surface area contributed by atoms with Gasteiger partial charge in [0.2, 0.25) is 0 Å². The summed E-state index contributed by atoms with van der Waals surface area (Å²) in [6, 6.07) is 34.8. The van der Waals surface area contributed by atoms with E-state index in [2.05, 4.69) is 42.5 Å². The van der Waals surface area contributed by atoms with E-state index >= 15 is 0 Å². The van der Waals surface area contributed by atoms with Crippen molar-refractivity contribution in [1.82, 2.24) is 0 Å². The summed E-state index contributed by atoms with van der Waals surface area (Å²) in [5.41, 5.74) is 9.13. The number of anilines is 1. The first kappa shape index (κ1) is 19.6. The van der Waals surface area contributed by atoms with Crippen LogP contribution in [-0.2, 0) is 4.75 Å². The third-order valence-corrected chi connectivity index (χ3v) is 6.75. The first-order chi connectivity index (χ1) is 14.1. The second kappa shape index (κ2) is 8.32. The van der Waals surface area contributed by atoms with E-state index in [0.29, 0.717) is 4.90 Å². The van der Waals surface area contributed by atoms with Crippen LogP contribution in [0.1, 0.15) is 16.7 Å². The third kappa shape index (κ3) is 3.76. The van der Waals surface area contributed by atoms with Crippen LogP contribution in [-0.4, -0.2) is 0 Å². The summed E-state index contributed by atoms with van der Waals surface area (Å²) in [4.78, 5) is 0.669. The highest BCUT2D eigenvalue weighted by atomic mass is 35.5. The Kier molecular flexibility index (Phi) is 5.61. The Labute approximate surface area is 179 Å². The van der Waals surface area contributed by atoms with E-state index in [1.807, 2.05) is 54.6 Å². The van der Waals surface area contributed by atoms with E-state index in [9.17, 15) is 4.39 Å². The van der Waals surface area contributed by atoms with Crippen molar-refractivity contribution in [1.29, 1.82) is 0 Å². The molecular weight excluding hydrogens is 401 g/mol. The molecule has 1 radical (unpaired) electrons. The molecule has 2 N–H and O–H groups in total. The zero-order valence-electron chi connectivity index (χ0n) is 15.5. The molecule has 0 aliphatic heterocycles. The molecule has 0 aliphatic carbocycles. The molecule has 0 unspecified atom stereocenters. The Bertz CT molecular complexity index is 1010. The van der Waals surface area contributed by atoms with Crippen molar-refractivity contribution in [3.63, 3.8) is 0 Å². The van der Waals surface area contributed by atoms with Gasteiger partial charge >= 0.3 is 0 Å². The molecule has 143 valence electrons. The van der Waals surface area contributed by atoms with Crippen LogP contribution in [0.4, 0.5) is 10.1 Å². The Morgan fingerprint density at radius 3 is 1.59 bits per heavy atom. The van der Waals surface area contributed by atoms with Gasteiger partial charge in [0.15, 0.2) is 5.82 Å². The van der Waals surface area contributed by atoms with Crippen LogP contribution in [0.2, 0.25) is 5.02 Å². The lowest BCUT2D eigenvalue weighted by molar-refractivity contribution is 0.629. The number of rotatable bonds is 5. The smallest absolute Gasteiger partial charge is 0.155 e. The number of hydrogen-bond donors (Lipinski definition) is 1. The van der Waals surface area contributed by atoms with Crippen molar-refractivity contribution in [2.45, 2.75) is 9.64 Å². The second-order valence-corrected chi connectivity index (χ2v) is 8.23. The minimum absolute atomic E-state index is 0.0278. The molecule has 0 aromatic heterocycles. The van der Waals surface area contributed by atoms with Crippen molar-refractivity contribution in [2.75, 3.05) is 5.73 Å². The molecule has 4 aromatic rings. The van der Waals surface area contributed by atoms with E-state index < -0.39 is 10.6 Å². The van der Waals surface area contributed by atoms with Gasteiger partial charge in [-0.25, -0.2) is 4.39 Å². The van der Waals surface area contributed by atoms with Gasteiger partial charge in [0.05, 0.1) is 15.5 Å². The predicted octanol–water partition coefficient (Wildman–Crippen LogP) is 6.95. The van der Waals surface area contributed by atoms with E-state index in [-0.39, 0.29) is 10.7 Å². The molecule has 0 amide bonds. The van der Waals surface area contributed by atoms with Crippen LogP contribution in [0, 0.1) is 11.9 Å². The predicted molar refractivity (Wildman–Crippen MR) is 120 cm³/mol. The van der Waals surface area contributed by atoms with Crippen molar-refractivity contribution in [3.8, 4) is 0 Å². The molecule has 29 heavy (non-hydrogen) atoms. The number of thioether (sulfide) groups is 1. The summed E-state index contributed by atoms with van der Waals surface area (Å²) in [6.07, 6.45) is 0. The maximum atomic E-state index is 13.9. The average molecular weight is 419 g/mol. The molecule has 0 saturated heterocycles. The summed E-state index contributed by atoms with van der Waals surface area (Å²) in [7, 11) is 0. The number of nitrogen functional groups attached to an aromatic ring is 1. The lowest BCUT2D eigenvalue weighted by Gasteiger charge is -2.35. The Balaban J connectivity index is 2.02. The highest BCUT2D eigenvalue weighted by Gasteiger charge is 2.38. The molecule has 4 rings (SSSR count). The van der Waals surface area contributed by atoms with Gasteiger partial charge in [-0.3, -0.25) is 0 Å². The normalized spacial score (nSPS) is 11.4. The fourth-order valence-electron chi connectivity index (χ4n) is 3.43. The number of hydrogen-bond acceptors (Lipinski definition) is 2. The van der Waals surface area contributed by atoms with Gasteiger partial charge in [-0.2, -0.15) is 0 Å². The summed E-state index contributed by atoms with van der Waals surface area (Å²) in [5, 5.41) is 0.217. The quantitative estimate of drug-likeness (QED) is 0.215. The van der Waals surface area contributed by atoms with Crippen LogP contribution < -0.4 is 5.73 Å². The van der Waals surface area contributed by atoms with Gasteiger partial charge in [0.25, 0.3) is 0 Å². The number of nitrogens with two attached hydrogens (primary N) is 1. The molecule has 0 fully saturated rings. The Morgan fingerprint density at radius 2 is 1.17 bits per heavy atom. The minimum atomic E-state index is -0.635. The highest BCUT2D eigenvalue weighted by Crippen LogP contribution is 2.53. The number of halogens is 2. The van der Waals surface area contributed by atoms with Gasteiger partial charge in [0, 0.05) is 11.0 Å². The summed E-state index contributed by atoms with van der Waals surface area (Å²) in [6.45, 7) is 0.